The number of rotatable bonds is 2. The van der Waals surface area contributed by atoms with E-state index in [-0.39, 0.29) is 11.8 Å². The molecule has 0 bridgehead atoms. The van der Waals surface area contributed by atoms with Crippen molar-refractivity contribution in [3.8, 4) is 0 Å². The van der Waals surface area contributed by atoms with Crippen molar-refractivity contribution in [2.45, 2.75) is 37.6 Å². The molecule has 1 aromatic rings. The van der Waals surface area contributed by atoms with E-state index in [4.69, 9.17) is 0 Å². The molecular weight excluding hydrogens is 212 g/mol. The summed E-state index contributed by atoms with van der Waals surface area (Å²) in [5, 5.41) is 6.49. The van der Waals surface area contributed by atoms with Gasteiger partial charge in [-0.3, -0.25) is 4.79 Å². The van der Waals surface area contributed by atoms with Gasteiger partial charge in [-0.05, 0) is 37.4 Å². The fourth-order valence-corrected chi connectivity index (χ4v) is 2.92. The first-order chi connectivity index (χ1) is 8.34. The van der Waals surface area contributed by atoms with Crippen LogP contribution in [0, 0.1) is 0 Å². The number of nitrogens with one attached hydrogen (secondary N) is 2. The molecule has 90 valence electrons. The molecule has 2 atom stereocenters. The Bertz CT molecular complexity index is 424. The van der Waals surface area contributed by atoms with Gasteiger partial charge in [0, 0.05) is 11.7 Å². The number of amides is 1. The number of hydrogen-bond acceptors (Lipinski definition) is 2. The molecule has 1 aromatic carbocycles. The maximum Gasteiger partial charge on any atom is 0.232 e. The third kappa shape index (κ3) is 2.07. The average Bonchev–Trinajstić information content (AvgIpc) is 2.68. The number of para-hydroxylation sites is 1. The van der Waals surface area contributed by atoms with Gasteiger partial charge in [0.05, 0.1) is 5.92 Å². The number of carbonyl (C=O) groups is 1. The van der Waals surface area contributed by atoms with E-state index in [1.165, 1.54) is 24.8 Å². The van der Waals surface area contributed by atoms with E-state index >= 15 is 0 Å². The van der Waals surface area contributed by atoms with E-state index in [2.05, 4.69) is 16.7 Å². The molecule has 0 aliphatic carbocycles. The van der Waals surface area contributed by atoms with Gasteiger partial charge < -0.3 is 10.6 Å². The predicted octanol–water partition coefficient (Wildman–Crippen LogP) is 2.25. The molecule has 1 fully saturated rings. The summed E-state index contributed by atoms with van der Waals surface area (Å²) < 4.78 is 0. The first-order valence-corrected chi connectivity index (χ1v) is 6.48. The highest BCUT2D eigenvalue weighted by atomic mass is 16.2. The van der Waals surface area contributed by atoms with Crippen molar-refractivity contribution in [2.24, 2.45) is 0 Å². The normalized spacial score (nSPS) is 27.6. The van der Waals surface area contributed by atoms with Gasteiger partial charge in [-0.25, -0.2) is 0 Å². The summed E-state index contributed by atoms with van der Waals surface area (Å²) in [6, 6.07) is 8.55. The van der Waals surface area contributed by atoms with E-state index in [1.54, 1.807) is 0 Å². The molecule has 2 heterocycles. The van der Waals surface area contributed by atoms with Crippen molar-refractivity contribution >= 4 is 11.6 Å². The highest BCUT2D eigenvalue weighted by Crippen LogP contribution is 2.35. The van der Waals surface area contributed by atoms with Crippen molar-refractivity contribution in [2.75, 3.05) is 11.9 Å². The summed E-state index contributed by atoms with van der Waals surface area (Å²) in [4.78, 5) is 12.0. The number of benzene rings is 1. The van der Waals surface area contributed by atoms with Crippen LogP contribution in [0.15, 0.2) is 24.3 Å². The molecule has 3 rings (SSSR count). The van der Waals surface area contributed by atoms with Crippen LogP contribution < -0.4 is 10.6 Å². The zero-order chi connectivity index (χ0) is 11.7. The molecule has 17 heavy (non-hydrogen) atoms. The van der Waals surface area contributed by atoms with Gasteiger partial charge >= 0.3 is 0 Å². The van der Waals surface area contributed by atoms with Gasteiger partial charge in [0.1, 0.15) is 0 Å². The highest BCUT2D eigenvalue weighted by Gasteiger charge is 2.32. The fraction of sp³-hybridized carbons (Fsp3) is 0.500. The summed E-state index contributed by atoms with van der Waals surface area (Å²) in [5.74, 6) is 0.209. The van der Waals surface area contributed by atoms with Crippen molar-refractivity contribution < 1.29 is 4.79 Å². The van der Waals surface area contributed by atoms with Crippen molar-refractivity contribution in [3.63, 3.8) is 0 Å². The summed E-state index contributed by atoms with van der Waals surface area (Å²) in [7, 11) is 0. The van der Waals surface area contributed by atoms with Gasteiger partial charge in [-0.2, -0.15) is 0 Å². The lowest BCUT2D eigenvalue weighted by molar-refractivity contribution is -0.117. The SMILES string of the molecule is O=C1Nc2ccccc2[C@H]1C[C@H]1CCCCN1. The molecule has 3 nitrogen and oxygen atoms in total. The number of carbonyl (C=O) groups excluding carboxylic acids is 1. The molecule has 2 aliphatic heterocycles. The van der Waals surface area contributed by atoms with Crippen LogP contribution in [-0.4, -0.2) is 18.5 Å². The van der Waals surface area contributed by atoms with Gasteiger partial charge in [-0.1, -0.05) is 24.6 Å². The van der Waals surface area contributed by atoms with E-state index in [9.17, 15) is 4.79 Å². The molecule has 0 aromatic heterocycles. The topological polar surface area (TPSA) is 41.1 Å². The largest absolute Gasteiger partial charge is 0.325 e. The number of fused-ring (bicyclic) bond motifs is 1. The van der Waals surface area contributed by atoms with Crippen LogP contribution in [-0.2, 0) is 4.79 Å². The average molecular weight is 230 g/mol. The Kier molecular flexibility index (Phi) is 2.85. The Morgan fingerprint density at radius 1 is 1.24 bits per heavy atom. The molecule has 2 N–H and O–H groups in total. The second-order valence-corrected chi connectivity index (χ2v) is 5.01. The Morgan fingerprint density at radius 3 is 2.94 bits per heavy atom. The Labute approximate surface area is 102 Å². The van der Waals surface area contributed by atoms with Gasteiger partial charge in [0.25, 0.3) is 0 Å². The Morgan fingerprint density at radius 2 is 2.12 bits per heavy atom. The van der Waals surface area contributed by atoms with Gasteiger partial charge in [-0.15, -0.1) is 0 Å². The van der Waals surface area contributed by atoms with Crippen LogP contribution >= 0.6 is 0 Å². The minimum Gasteiger partial charge on any atom is -0.325 e. The fourth-order valence-electron chi connectivity index (χ4n) is 2.92. The van der Waals surface area contributed by atoms with Crippen LogP contribution in [0.3, 0.4) is 0 Å². The van der Waals surface area contributed by atoms with Crippen LogP contribution in [0.5, 0.6) is 0 Å². The van der Waals surface area contributed by atoms with Crippen molar-refractivity contribution in [1.29, 1.82) is 0 Å². The lowest BCUT2D eigenvalue weighted by atomic mass is 9.90. The molecule has 0 unspecified atom stereocenters. The lowest BCUT2D eigenvalue weighted by Gasteiger charge is -2.25. The standard InChI is InChI=1S/C14H18N2O/c17-14-12(9-10-5-3-4-8-15-10)11-6-1-2-7-13(11)16-14/h1-2,6-7,10,12,15H,3-5,8-9H2,(H,16,17)/t10-,12-/m1/s1. The maximum atomic E-state index is 12.0. The van der Waals surface area contributed by atoms with Crippen molar-refractivity contribution in [1.82, 2.24) is 5.32 Å². The summed E-state index contributed by atoms with van der Waals surface area (Å²) in [5.41, 5.74) is 2.17. The first-order valence-electron chi connectivity index (χ1n) is 6.48. The number of hydrogen-bond donors (Lipinski definition) is 2. The minimum atomic E-state index is 0.0433. The molecule has 0 spiro atoms. The monoisotopic (exact) mass is 230 g/mol. The third-order valence-corrected chi connectivity index (χ3v) is 3.84. The van der Waals surface area contributed by atoms with Crippen molar-refractivity contribution in [3.05, 3.63) is 29.8 Å². The molecule has 1 saturated heterocycles. The van der Waals surface area contributed by atoms with Crippen LogP contribution in [0.4, 0.5) is 5.69 Å². The third-order valence-electron chi connectivity index (χ3n) is 3.84. The Hall–Kier alpha value is -1.35. The number of piperidine rings is 1. The Balaban J connectivity index is 1.76. The quantitative estimate of drug-likeness (QED) is 0.818. The summed E-state index contributed by atoms with van der Waals surface area (Å²) in [6.07, 6.45) is 4.69. The van der Waals surface area contributed by atoms with E-state index in [0.29, 0.717) is 6.04 Å². The summed E-state index contributed by atoms with van der Waals surface area (Å²) >= 11 is 0. The van der Waals surface area contributed by atoms with E-state index in [0.717, 1.165) is 18.7 Å². The zero-order valence-electron chi connectivity index (χ0n) is 9.91. The second kappa shape index (κ2) is 4.49. The smallest absolute Gasteiger partial charge is 0.232 e. The zero-order valence-corrected chi connectivity index (χ0v) is 9.91. The molecular formula is C14H18N2O. The molecule has 0 radical (unpaired) electrons. The number of anilines is 1. The van der Waals surface area contributed by atoms with Crippen LogP contribution in [0.1, 0.15) is 37.2 Å². The van der Waals surface area contributed by atoms with Crippen LogP contribution in [0.25, 0.3) is 0 Å². The summed E-state index contributed by atoms with van der Waals surface area (Å²) in [6.45, 7) is 1.10. The maximum absolute atomic E-state index is 12.0. The second-order valence-electron chi connectivity index (χ2n) is 5.01. The van der Waals surface area contributed by atoms with E-state index < -0.39 is 0 Å². The molecule has 1 amide bonds. The van der Waals surface area contributed by atoms with Gasteiger partial charge in [0.15, 0.2) is 0 Å². The predicted molar refractivity (Wildman–Crippen MR) is 68.1 cm³/mol. The molecule has 0 saturated carbocycles. The molecule has 2 aliphatic rings. The lowest BCUT2D eigenvalue weighted by Crippen LogP contribution is -2.36. The highest BCUT2D eigenvalue weighted by molar-refractivity contribution is 6.02. The first kappa shape index (κ1) is 10.8. The van der Waals surface area contributed by atoms with E-state index in [1.807, 2.05) is 18.2 Å². The van der Waals surface area contributed by atoms with Crippen LogP contribution in [0.2, 0.25) is 0 Å². The minimum absolute atomic E-state index is 0.0433. The van der Waals surface area contributed by atoms with Gasteiger partial charge in [0.2, 0.25) is 5.91 Å². The molecule has 3 heteroatoms.